The number of benzene rings is 1. The van der Waals surface area contributed by atoms with Crippen LogP contribution in [0.25, 0.3) is 0 Å². The Bertz CT molecular complexity index is 1020. The van der Waals surface area contributed by atoms with Gasteiger partial charge in [0.2, 0.25) is 10.0 Å². The monoisotopic (exact) mass is 460 g/mol. The lowest BCUT2D eigenvalue weighted by atomic mass is 10.0. The summed E-state index contributed by atoms with van der Waals surface area (Å²) in [5, 5.41) is 6.87. The summed E-state index contributed by atoms with van der Waals surface area (Å²) >= 11 is 0. The van der Waals surface area contributed by atoms with Gasteiger partial charge in [-0.3, -0.25) is 4.79 Å². The molecule has 2 heterocycles. The van der Waals surface area contributed by atoms with Crippen molar-refractivity contribution in [2.75, 3.05) is 12.3 Å². The van der Waals surface area contributed by atoms with Crippen molar-refractivity contribution in [2.45, 2.75) is 69.5 Å². The number of carbonyl (C=O) groups is 1. The molecule has 4 rings (SSSR count). The number of amides is 1. The second-order valence-corrected chi connectivity index (χ2v) is 11.1. The second kappa shape index (κ2) is 9.72. The van der Waals surface area contributed by atoms with Gasteiger partial charge in [0.1, 0.15) is 5.76 Å². The minimum Gasteiger partial charge on any atom is -0.360 e. The number of hydrogen-bond acceptors (Lipinski definition) is 6. The van der Waals surface area contributed by atoms with Crippen molar-refractivity contribution in [1.29, 1.82) is 0 Å². The Kier molecular flexibility index (Phi) is 6.97. The zero-order valence-corrected chi connectivity index (χ0v) is 19.3. The van der Waals surface area contributed by atoms with Crippen LogP contribution >= 0.6 is 0 Å². The number of sulfonamides is 1. The summed E-state index contributed by atoms with van der Waals surface area (Å²) in [7, 11) is -3.41. The lowest BCUT2D eigenvalue weighted by Gasteiger charge is -2.37. The number of carbonyl (C=O) groups excluding carboxylic acids is 1. The van der Waals surface area contributed by atoms with Crippen LogP contribution in [0.3, 0.4) is 0 Å². The van der Waals surface area contributed by atoms with E-state index >= 15 is 0 Å². The van der Waals surface area contributed by atoms with Crippen molar-refractivity contribution < 1.29 is 17.7 Å². The van der Waals surface area contributed by atoms with Crippen molar-refractivity contribution in [3.05, 3.63) is 53.4 Å². The Labute approximate surface area is 189 Å². The maximum absolute atomic E-state index is 12.9. The molecular weight excluding hydrogens is 428 g/mol. The van der Waals surface area contributed by atoms with Crippen molar-refractivity contribution in [1.82, 2.24) is 14.8 Å². The molecule has 3 N–H and O–H groups in total. The van der Waals surface area contributed by atoms with Gasteiger partial charge in [-0.15, -0.1) is 0 Å². The summed E-state index contributed by atoms with van der Waals surface area (Å²) < 4.78 is 32.7. The number of nitrogens with zero attached hydrogens (tertiary/aromatic N) is 2. The summed E-state index contributed by atoms with van der Waals surface area (Å²) in [5.41, 5.74) is 7.59. The molecule has 3 atom stereocenters. The van der Waals surface area contributed by atoms with E-state index in [4.69, 9.17) is 10.3 Å². The van der Waals surface area contributed by atoms with E-state index in [0.29, 0.717) is 43.8 Å². The zero-order valence-electron chi connectivity index (χ0n) is 18.4. The third-order valence-electron chi connectivity index (χ3n) is 6.34. The van der Waals surface area contributed by atoms with Gasteiger partial charge in [0.05, 0.1) is 5.75 Å². The predicted octanol–water partition coefficient (Wildman–Crippen LogP) is 2.42. The van der Waals surface area contributed by atoms with E-state index in [9.17, 15) is 13.2 Å². The highest BCUT2D eigenvalue weighted by atomic mass is 32.2. The Morgan fingerprint density at radius 1 is 1.28 bits per heavy atom. The Morgan fingerprint density at radius 2 is 2.03 bits per heavy atom. The van der Waals surface area contributed by atoms with Gasteiger partial charge in [-0.2, -0.15) is 4.31 Å². The average Bonchev–Trinajstić information content (AvgIpc) is 3.49. The molecule has 1 aliphatic heterocycles. The molecule has 0 bridgehead atoms. The highest BCUT2D eigenvalue weighted by Crippen LogP contribution is 2.40. The first-order valence-corrected chi connectivity index (χ1v) is 13.0. The Balaban J connectivity index is 1.25. The fourth-order valence-corrected chi connectivity index (χ4v) is 6.20. The van der Waals surface area contributed by atoms with Gasteiger partial charge in [-0.1, -0.05) is 35.5 Å². The standard InChI is InChI=1S/C23H32N4O4S/c1-16-13-20(25-23(28)21-15-22(31-26-21)18-7-8-18)9-11-27(16)32(29,30)12-10-19(24)14-17-5-3-2-4-6-17/h2-6,15-16,18-20H,7-14,24H2,1H3,(H,25,28)/t16-,19?,20-/m1/s1. The molecule has 2 aliphatic rings. The van der Waals surface area contributed by atoms with Crippen molar-refractivity contribution in [3.8, 4) is 0 Å². The van der Waals surface area contributed by atoms with Gasteiger partial charge < -0.3 is 15.6 Å². The van der Waals surface area contributed by atoms with Gasteiger partial charge in [-0.25, -0.2) is 8.42 Å². The first-order chi connectivity index (χ1) is 15.3. The molecule has 2 fully saturated rings. The van der Waals surface area contributed by atoms with Crippen LogP contribution in [0.1, 0.15) is 66.8 Å². The molecule has 1 aliphatic carbocycles. The predicted molar refractivity (Wildman–Crippen MR) is 122 cm³/mol. The molecule has 1 saturated heterocycles. The third kappa shape index (κ3) is 5.76. The van der Waals surface area contributed by atoms with Gasteiger partial charge in [0.25, 0.3) is 5.91 Å². The first kappa shape index (κ1) is 22.9. The molecule has 9 heteroatoms. The van der Waals surface area contributed by atoms with Crippen LogP contribution in [-0.4, -0.2) is 54.2 Å². The van der Waals surface area contributed by atoms with Gasteiger partial charge >= 0.3 is 0 Å². The van der Waals surface area contributed by atoms with Crippen molar-refractivity contribution in [2.24, 2.45) is 5.73 Å². The van der Waals surface area contributed by atoms with Crippen LogP contribution < -0.4 is 11.1 Å². The zero-order chi connectivity index (χ0) is 22.7. The molecule has 2 aromatic rings. The maximum atomic E-state index is 12.9. The second-order valence-electron chi connectivity index (χ2n) is 9.10. The maximum Gasteiger partial charge on any atom is 0.273 e. The molecule has 1 saturated carbocycles. The molecule has 1 aromatic heterocycles. The normalized spacial score (nSPS) is 23.1. The summed E-state index contributed by atoms with van der Waals surface area (Å²) in [6, 6.07) is 11.1. The van der Waals surface area contributed by atoms with E-state index in [-0.39, 0.29) is 29.8 Å². The fraction of sp³-hybridized carbons (Fsp3) is 0.565. The Morgan fingerprint density at radius 3 is 2.72 bits per heavy atom. The summed E-state index contributed by atoms with van der Waals surface area (Å²) in [6.07, 6.45) is 4.36. The molecule has 0 spiro atoms. The van der Waals surface area contributed by atoms with Crippen LogP contribution in [0.2, 0.25) is 0 Å². The number of piperidine rings is 1. The SMILES string of the molecule is C[C@@H]1C[C@H](NC(=O)c2cc(C3CC3)on2)CCN1S(=O)(=O)CCC(N)Cc1ccccc1. The highest BCUT2D eigenvalue weighted by Gasteiger charge is 2.35. The lowest BCUT2D eigenvalue weighted by Crippen LogP contribution is -2.51. The molecule has 32 heavy (non-hydrogen) atoms. The summed E-state index contributed by atoms with van der Waals surface area (Å²) in [5.74, 6) is 0.944. The van der Waals surface area contributed by atoms with Crippen molar-refractivity contribution >= 4 is 15.9 Å². The fourth-order valence-electron chi connectivity index (χ4n) is 4.35. The molecule has 8 nitrogen and oxygen atoms in total. The molecular formula is C23H32N4O4S. The van der Waals surface area contributed by atoms with E-state index in [1.54, 1.807) is 10.4 Å². The molecule has 1 amide bonds. The van der Waals surface area contributed by atoms with E-state index in [1.165, 1.54) is 0 Å². The quantitative estimate of drug-likeness (QED) is 0.593. The van der Waals surface area contributed by atoms with E-state index in [2.05, 4.69) is 10.5 Å². The Hall–Kier alpha value is -2.23. The van der Waals surface area contributed by atoms with Crippen LogP contribution in [0.4, 0.5) is 0 Å². The largest absolute Gasteiger partial charge is 0.360 e. The van der Waals surface area contributed by atoms with Crippen LogP contribution in [0.15, 0.2) is 40.9 Å². The number of rotatable bonds is 9. The molecule has 1 aromatic carbocycles. The minimum absolute atomic E-state index is 0.0330. The summed E-state index contributed by atoms with van der Waals surface area (Å²) in [6.45, 7) is 2.27. The van der Waals surface area contributed by atoms with Crippen molar-refractivity contribution in [3.63, 3.8) is 0 Å². The lowest BCUT2D eigenvalue weighted by molar-refractivity contribution is 0.0905. The minimum atomic E-state index is -3.41. The molecule has 174 valence electrons. The summed E-state index contributed by atoms with van der Waals surface area (Å²) in [4.78, 5) is 12.5. The van der Waals surface area contributed by atoms with E-state index in [0.717, 1.165) is 24.2 Å². The van der Waals surface area contributed by atoms with Gasteiger partial charge in [-0.05, 0) is 51.0 Å². The van der Waals surface area contributed by atoms with E-state index < -0.39 is 10.0 Å². The highest BCUT2D eigenvalue weighted by molar-refractivity contribution is 7.89. The number of hydrogen-bond donors (Lipinski definition) is 2. The van der Waals surface area contributed by atoms with Crippen LogP contribution in [-0.2, 0) is 16.4 Å². The third-order valence-corrected chi connectivity index (χ3v) is 8.34. The number of nitrogens with one attached hydrogen (secondary N) is 1. The molecule has 1 unspecified atom stereocenters. The van der Waals surface area contributed by atoms with Gasteiger partial charge in [0.15, 0.2) is 5.69 Å². The smallest absolute Gasteiger partial charge is 0.273 e. The van der Waals surface area contributed by atoms with Crippen LogP contribution in [0.5, 0.6) is 0 Å². The first-order valence-electron chi connectivity index (χ1n) is 11.4. The van der Waals surface area contributed by atoms with Gasteiger partial charge in [0, 0.05) is 36.7 Å². The van der Waals surface area contributed by atoms with Crippen LogP contribution in [0, 0.1) is 0 Å². The number of aromatic nitrogens is 1. The number of nitrogens with two attached hydrogens (primary N) is 1. The van der Waals surface area contributed by atoms with E-state index in [1.807, 2.05) is 37.3 Å². The molecule has 0 radical (unpaired) electrons. The average molecular weight is 461 g/mol. The topological polar surface area (TPSA) is 119 Å².